The Kier molecular flexibility index (Phi) is 3.09. The van der Waals surface area contributed by atoms with Gasteiger partial charge in [-0.05, 0) is 18.9 Å². The van der Waals surface area contributed by atoms with Gasteiger partial charge in [-0.1, -0.05) is 0 Å². The van der Waals surface area contributed by atoms with Gasteiger partial charge in [-0.25, -0.2) is 14.9 Å². The molecule has 2 rings (SSSR count). The van der Waals surface area contributed by atoms with Crippen molar-refractivity contribution >= 4 is 11.7 Å². The number of aromatic nitrogens is 1. The first-order valence-electron chi connectivity index (χ1n) is 5.24. The molecule has 0 spiro atoms. The topological polar surface area (TPSA) is 74.2 Å². The van der Waals surface area contributed by atoms with Crippen molar-refractivity contribution in [2.75, 3.05) is 5.32 Å². The molecule has 1 saturated carbocycles. The number of nitrogens with zero attached hydrogens (tertiary/aromatic N) is 1. The number of hydrogen-bond acceptors (Lipinski definition) is 4. The molecule has 0 bridgehead atoms. The molecule has 0 aliphatic heterocycles. The van der Waals surface area contributed by atoms with Crippen LogP contribution >= 0.6 is 0 Å². The molecule has 1 fully saturated rings. The van der Waals surface area contributed by atoms with Crippen LogP contribution < -0.4 is 10.8 Å². The number of nitrogens with one attached hydrogen (secondary N) is 2. The fraction of sp³-hybridized carbons (Fsp3) is 0.400. The highest BCUT2D eigenvalue weighted by Crippen LogP contribution is 2.51. The van der Waals surface area contributed by atoms with Crippen LogP contribution in [0.5, 0.6) is 0 Å². The Labute approximate surface area is 104 Å². The third kappa shape index (κ3) is 2.46. The minimum absolute atomic E-state index is 0.156. The Hall–Kier alpha value is -1.90. The maximum Gasteiger partial charge on any atom is 0.411 e. The maximum absolute atomic E-state index is 13.5. The molecule has 0 aromatic carbocycles. The van der Waals surface area contributed by atoms with Crippen LogP contribution in [0, 0.1) is 5.82 Å². The van der Waals surface area contributed by atoms with Crippen molar-refractivity contribution in [1.29, 1.82) is 0 Å². The third-order valence-corrected chi connectivity index (χ3v) is 2.86. The van der Waals surface area contributed by atoms with Gasteiger partial charge in [-0.2, -0.15) is 13.2 Å². The monoisotopic (exact) mass is 279 g/mol. The Morgan fingerprint density at radius 2 is 2.05 bits per heavy atom. The maximum atomic E-state index is 13.5. The van der Waals surface area contributed by atoms with E-state index in [1.165, 1.54) is 5.48 Å². The van der Waals surface area contributed by atoms with Gasteiger partial charge in [0, 0.05) is 6.20 Å². The zero-order valence-corrected chi connectivity index (χ0v) is 9.38. The van der Waals surface area contributed by atoms with Crippen LogP contribution in [0.4, 0.5) is 23.4 Å². The summed E-state index contributed by atoms with van der Waals surface area (Å²) in [6.45, 7) is 0. The molecule has 19 heavy (non-hydrogen) atoms. The molecule has 1 aromatic heterocycles. The van der Waals surface area contributed by atoms with Crippen molar-refractivity contribution < 1.29 is 27.6 Å². The Bertz CT molecular complexity index is 514. The SMILES string of the molecule is O=C(NO)c1cnc(NC2(C(F)(F)F)CC2)c(F)c1. The lowest BCUT2D eigenvalue weighted by atomic mass is 10.2. The van der Waals surface area contributed by atoms with Gasteiger partial charge in [0.15, 0.2) is 11.6 Å². The van der Waals surface area contributed by atoms with Gasteiger partial charge >= 0.3 is 6.18 Å². The normalized spacial score (nSPS) is 16.9. The number of amides is 1. The highest BCUT2D eigenvalue weighted by molar-refractivity contribution is 5.93. The molecule has 1 aliphatic rings. The summed E-state index contributed by atoms with van der Waals surface area (Å²) in [6, 6.07) is 0.688. The number of carbonyl (C=O) groups is 1. The molecule has 9 heteroatoms. The second kappa shape index (κ2) is 4.34. The number of carbonyl (C=O) groups excluding carboxylic acids is 1. The molecule has 3 N–H and O–H groups in total. The van der Waals surface area contributed by atoms with Gasteiger partial charge in [0.25, 0.3) is 5.91 Å². The lowest BCUT2D eigenvalue weighted by molar-refractivity contribution is -0.151. The second-order valence-electron chi connectivity index (χ2n) is 4.20. The predicted octanol–water partition coefficient (Wildman–Crippen LogP) is 1.85. The van der Waals surface area contributed by atoms with E-state index >= 15 is 0 Å². The van der Waals surface area contributed by atoms with E-state index in [9.17, 15) is 22.4 Å². The van der Waals surface area contributed by atoms with E-state index in [1.807, 2.05) is 5.32 Å². The number of alkyl halides is 3. The molecule has 0 saturated heterocycles. The van der Waals surface area contributed by atoms with Crippen LogP contribution in [0.3, 0.4) is 0 Å². The number of hydrogen-bond donors (Lipinski definition) is 3. The molecule has 1 amide bonds. The molecule has 1 heterocycles. The lowest BCUT2D eigenvalue weighted by Gasteiger charge is -2.21. The molecular formula is C10H9F4N3O2. The lowest BCUT2D eigenvalue weighted by Crippen LogP contribution is -2.39. The molecule has 0 unspecified atom stereocenters. The minimum atomic E-state index is -4.50. The molecule has 1 aromatic rings. The van der Waals surface area contributed by atoms with Gasteiger partial charge in [-0.15, -0.1) is 0 Å². The summed E-state index contributed by atoms with van der Waals surface area (Å²) in [5.74, 6) is -2.68. The fourth-order valence-corrected chi connectivity index (χ4v) is 1.55. The van der Waals surface area contributed by atoms with Gasteiger partial charge in [0.2, 0.25) is 0 Å². The molecule has 0 atom stereocenters. The second-order valence-corrected chi connectivity index (χ2v) is 4.20. The van der Waals surface area contributed by atoms with Crippen molar-refractivity contribution in [1.82, 2.24) is 10.5 Å². The van der Waals surface area contributed by atoms with Gasteiger partial charge in [0.05, 0.1) is 5.56 Å². The first-order chi connectivity index (χ1) is 8.79. The van der Waals surface area contributed by atoms with E-state index < -0.39 is 29.3 Å². The van der Waals surface area contributed by atoms with Crippen LogP contribution in [-0.2, 0) is 0 Å². The summed E-state index contributed by atoms with van der Waals surface area (Å²) < 4.78 is 51.5. The quantitative estimate of drug-likeness (QED) is 0.448. The molecular weight excluding hydrogens is 270 g/mol. The van der Waals surface area contributed by atoms with Crippen molar-refractivity contribution in [2.24, 2.45) is 0 Å². The molecule has 1 aliphatic carbocycles. The molecule has 5 nitrogen and oxygen atoms in total. The van der Waals surface area contributed by atoms with E-state index in [0.717, 1.165) is 6.20 Å². The Balaban J connectivity index is 2.21. The molecule has 0 radical (unpaired) electrons. The largest absolute Gasteiger partial charge is 0.411 e. The summed E-state index contributed by atoms with van der Waals surface area (Å²) in [7, 11) is 0. The predicted molar refractivity (Wildman–Crippen MR) is 55.1 cm³/mol. The smallest absolute Gasteiger partial charge is 0.354 e. The average molecular weight is 279 g/mol. The van der Waals surface area contributed by atoms with Crippen molar-refractivity contribution in [2.45, 2.75) is 24.6 Å². The van der Waals surface area contributed by atoms with E-state index in [1.54, 1.807) is 0 Å². The molecule has 104 valence electrons. The standard InChI is InChI=1S/C10H9F4N3O2/c11-6-3-5(8(18)17-19)4-15-7(6)16-9(1-2-9)10(12,13)14/h3-4,19H,1-2H2,(H,15,16)(H,17,18). The van der Waals surface area contributed by atoms with Crippen molar-refractivity contribution in [3.63, 3.8) is 0 Å². The zero-order chi connectivity index (χ0) is 14.3. The summed E-state index contributed by atoms with van der Waals surface area (Å²) >= 11 is 0. The summed E-state index contributed by atoms with van der Waals surface area (Å²) in [5.41, 5.74) is -1.17. The van der Waals surface area contributed by atoms with Crippen LogP contribution in [0.15, 0.2) is 12.3 Å². The summed E-state index contributed by atoms with van der Waals surface area (Å²) in [5, 5.41) is 10.4. The Morgan fingerprint density at radius 3 is 2.47 bits per heavy atom. The number of halogens is 4. The number of rotatable bonds is 3. The highest BCUT2D eigenvalue weighted by atomic mass is 19.4. The number of pyridine rings is 1. The van der Waals surface area contributed by atoms with Gasteiger partial charge in [-0.3, -0.25) is 10.0 Å². The van der Waals surface area contributed by atoms with E-state index in [-0.39, 0.29) is 18.4 Å². The van der Waals surface area contributed by atoms with Crippen LogP contribution in [0.2, 0.25) is 0 Å². The van der Waals surface area contributed by atoms with Crippen molar-refractivity contribution in [3.05, 3.63) is 23.6 Å². The number of anilines is 1. The first-order valence-corrected chi connectivity index (χ1v) is 5.24. The van der Waals surface area contributed by atoms with Gasteiger partial charge in [0.1, 0.15) is 5.54 Å². The van der Waals surface area contributed by atoms with Crippen molar-refractivity contribution in [3.8, 4) is 0 Å². The van der Waals surface area contributed by atoms with Gasteiger partial charge < -0.3 is 5.32 Å². The summed E-state index contributed by atoms with van der Waals surface area (Å²) in [6.07, 6.45) is -3.95. The fourth-order valence-electron chi connectivity index (χ4n) is 1.55. The number of hydroxylamine groups is 1. The minimum Gasteiger partial charge on any atom is -0.354 e. The van der Waals surface area contributed by atoms with Crippen LogP contribution in [-0.4, -0.2) is 27.8 Å². The Morgan fingerprint density at radius 1 is 1.42 bits per heavy atom. The first kappa shape index (κ1) is 13.5. The van der Waals surface area contributed by atoms with E-state index in [2.05, 4.69) is 4.98 Å². The van der Waals surface area contributed by atoms with E-state index in [0.29, 0.717) is 6.07 Å². The average Bonchev–Trinajstić information content (AvgIpc) is 3.11. The van der Waals surface area contributed by atoms with Crippen LogP contribution in [0.1, 0.15) is 23.2 Å². The van der Waals surface area contributed by atoms with Crippen LogP contribution in [0.25, 0.3) is 0 Å². The third-order valence-electron chi connectivity index (χ3n) is 2.86. The summed E-state index contributed by atoms with van der Waals surface area (Å²) in [4.78, 5) is 14.4. The highest BCUT2D eigenvalue weighted by Gasteiger charge is 2.64. The zero-order valence-electron chi connectivity index (χ0n) is 9.38. The van der Waals surface area contributed by atoms with E-state index in [4.69, 9.17) is 5.21 Å².